The Morgan fingerprint density at radius 2 is 0.852 bits per heavy atom. The number of hydrogen-bond acceptors (Lipinski definition) is 16. The van der Waals surface area contributed by atoms with E-state index in [0.29, 0.717) is 43.1 Å². The molecule has 0 aliphatic carbocycles. The summed E-state index contributed by atoms with van der Waals surface area (Å²) in [5.41, 5.74) is 5.33. The summed E-state index contributed by atoms with van der Waals surface area (Å²) in [5.74, 6) is 0.320. The molecule has 1 heterocycles. The third-order valence-electron chi connectivity index (χ3n) is 8.86. The molecule has 18 nitrogen and oxygen atoms in total. The fraction of sp³-hybridized carbons (Fsp3) is 0.140. The van der Waals surface area contributed by atoms with E-state index < -0.39 is 19.0 Å². The number of carbonyl (C=O) groups excluding carboxylic acids is 2. The summed E-state index contributed by atoms with van der Waals surface area (Å²) in [6.07, 6.45) is 0. The highest BCUT2D eigenvalue weighted by atomic mass is 16.3. The van der Waals surface area contributed by atoms with Gasteiger partial charge in [-0.3, -0.25) is 8.97 Å². The molecule has 0 aliphatic heterocycles. The van der Waals surface area contributed by atoms with Gasteiger partial charge in [0.1, 0.15) is 34.2 Å². The standard InChI is InChI=1S/C41H39N11O3.2CH2O2/c1-51(2,3)31-19-7-25-9-21-35(53)37(33(25)23-31)49-47-29-15-11-27(12-16-29)42-39-44-40(46-41(55)45-39)43-28-13-17-30(18-14-28)48-50-38-34-24-32(52(4,5)6)20-8-26(34)10-22-36(38)54;2*2-1-3/h7-24H,1-6H3,(H3-2,42,43,44,45,46,47,48,49,50,53,54,55);2*1H,(H,2,3). The van der Waals surface area contributed by atoms with Gasteiger partial charge in [0, 0.05) is 47.2 Å². The van der Waals surface area contributed by atoms with Crippen molar-refractivity contribution in [3.05, 3.63) is 109 Å². The van der Waals surface area contributed by atoms with Gasteiger partial charge in [-0.05, 0) is 95.7 Å². The summed E-state index contributed by atoms with van der Waals surface area (Å²) >= 11 is 0. The highest BCUT2D eigenvalue weighted by Crippen LogP contribution is 2.40. The molecular weight excluding hydrogens is 783 g/mol. The van der Waals surface area contributed by atoms with Crippen LogP contribution in [0.5, 0.6) is 17.5 Å². The molecule has 0 bridgehead atoms. The summed E-state index contributed by atoms with van der Waals surface area (Å²) in [6, 6.07) is 32.8. The smallest absolute Gasteiger partial charge is 0.320 e. The number of aromatic hydroxyl groups is 3. The van der Waals surface area contributed by atoms with E-state index >= 15 is 0 Å². The molecule has 7 aromatic rings. The Kier molecular flexibility index (Phi) is 13.8. The second-order valence-corrected chi connectivity index (χ2v) is 14.9. The number of azo groups is 2. The van der Waals surface area contributed by atoms with Crippen molar-refractivity contribution < 1.29 is 35.1 Å². The number of nitrogens with one attached hydrogen (secondary N) is 2. The number of anilines is 4. The second-order valence-electron chi connectivity index (χ2n) is 14.9. The lowest BCUT2D eigenvalue weighted by molar-refractivity contribution is -0.284. The molecule has 0 radical (unpaired) electrons. The molecule has 0 saturated heterocycles. The SMILES string of the molecule is C[N+](C)(C)c1ccc2ccc(O)c(N=Nc3ccc(Nc4nc(O)nc(Nc5ccc(N=Nc6c(O)ccc7ccc([N+](C)(C)C)cc67)cc5)n4)cc3)c2c1.O=C[O-].O=C[O-]. The molecular formula is C43H43N11O7. The van der Waals surface area contributed by atoms with Gasteiger partial charge < -0.3 is 45.8 Å². The number of phenolic OH excluding ortho intramolecular Hbond substituents is 2. The Labute approximate surface area is 350 Å². The molecule has 312 valence electrons. The van der Waals surface area contributed by atoms with Crippen molar-refractivity contribution in [3.63, 3.8) is 0 Å². The molecule has 1 aromatic heterocycles. The molecule has 0 fully saturated rings. The van der Waals surface area contributed by atoms with Crippen LogP contribution >= 0.6 is 0 Å². The number of carboxylic acid groups (broad SMARTS) is 2. The average molecular weight is 826 g/mol. The van der Waals surface area contributed by atoms with Crippen LogP contribution in [-0.2, 0) is 9.59 Å². The summed E-state index contributed by atoms with van der Waals surface area (Å²) < 4.78 is 1.24. The number of aromatic nitrogens is 3. The summed E-state index contributed by atoms with van der Waals surface area (Å²) in [7, 11) is 12.5. The largest absolute Gasteiger partial charge is 0.554 e. The van der Waals surface area contributed by atoms with Crippen LogP contribution < -0.4 is 29.8 Å². The monoisotopic (exact) mass is 825 g/mol. The van der Waals surface area contributed by atoms with Crippen LogP contribution in [0.3, 0.4) is 0 Å². The lowest BCUT2D eigenvalue weighted by Gasteiger charge is -2.23. The minimum Gasteiger partial charge on any atom is -0.554 e. The van der Waals surface area contributed by atoms with E-state index in [4.69, 9.17) is 19.8 Å². The molecule has 0 amide bonds. The Bertz CT molecular complexity index is 2530. The Morgan fingerprint density at radius 1 is 0.508 bits per heavy atom. The van der Waals surface area contributed by atoms with E-state index in [1.165, 1.54) is 0 Å². The topological polar surface area (TPSA) is 253 Å². The van der Waals surface area contributed by atoms with Gasteiger partial charge in [-0.15, -0.1) is 10.2 Å². The predicted octanol–water partition coefficient (Wildman–Crippen LogP) is 6.74. The third kappa shape index (κ3) is 11.5. The number of benzene rings is 6. The maximum atomic E-state index is 10.6. The van der Waals surface area contributed by atoms with Crippen LogP contribution in [0.25, 0.3) is 21.5 Å². The molecule has 0 spiro atoms. The van der Waals surface area contributed by atoms with E-state index in [1.54, 1.807) is 60.7 Å². The highest BCUT2D eigenvalue weighted by molar-refractivity contribution is 5.98. The number of rotatable bonds is 10. The first-order valence-electron chi connectivity index (χ1n) is 18.3. The first-order chi connectivity index (χ1) is 29.0. The van der Waals surface area contributed by atoms with Gasteiger partial charge >= 0.3 is 6.01 Å². The quantitative estimate of drug-likeness (QED) is 0.0546. The summed E-state index contributed by atoms with van der Waals surface area (Å²) in [5, 5.41) is 75.3. The molecule has 0 atom stereocenters. The average Bonchev–Trinajstić information content (AvgIpc) is 3.20. The lowest BCUT2D eigenvalue weighted by Crippen LogP contribution is -2.34. The number of hydrogen-bond donors (Lipinski definition) is 5. The molecule has 6 aromatic carbocycles. The number of fused-ring (bicyclic) bond motifs is 2. The van der Waals surface area contributed by atoms with E-state index in [1.807, 2.05) is 36.4 Å². The van der Waals surface area contributed by atoms with Gasteiger partial charge in [-0.1, -0.05) is 12.1 Å². The normalized spacial score (nSPS) is 11.4. The zero-order valence-corrected chi connectivity index (χ0v) is 34.0. The molecule has 0 unspecified atom stereocenters. The lowest BCUT2D eigenvalue weighted by atomic mass is 10.1. The van der Waals surface area contributed by atoms with Crippen LogP contribution in [0, 0.1) is 0 Å². The fourth-order valence-corrected chi connectivity index (χ4v) is 5.78. The van der Waals surface area contributed by atoms with Crippen molar-refractivity contribution in [1.29, 1.82) is 0 Å². The van der Waals surface area contributed by atoms with Gasteiger partial charge in [0.05, 0.1) is 53.7 Å². The van der Waals surface area contributed by atoms with Gasteiger partial charge in [0.25, 0.3) is 0 Å². The van der Waals surface area contributed by atoms with E-state index in [9.17, 15) is 15.3 Å². The fourth-order valence-electron chi connectivity index (χ4n) is 5.78. The van der Waals surface area contributed by atoms with Gasteiger partial charge in [0.2, 0.25) is 11.9 Å². The van der Waals surface area contributed by atoms with Crippen molar-refractivity contribution in [3.8, 4) is 17.5 Å². The first kappa shape index (κ1) is 44.0. The number of quaternary nitrogens is 2. The van der Waals surface area contributed by atoms with Crippen molar-refractivity contribution in [2.45, 2.75) is 0 Å². The first-order valence-corrected chi connectivity index (χ1v) is 18.3. The Morgan fingerprint density at radius 3 is 1.20 bits per heavy atom. The zero-order valence-electron chi connectivity index (χ0n) is 34.0. The van der Waals surface area contributed by atoms with Crippen LogP contribution in [0.4, 0.5) is 57.4 Å². The molecule has 61 heavy (non-hydrogen) atoms. The maximum Gasteiger partial charge on any atom is 0.320 e. The Hall–Kier alpha value is -8.09. The van der Waals surface area contributed by atoms with Crippen molar-refractivity contribution in [2.75, 3.05) is 52.9 Å². The molecule has 7 rings (SSSR count). The van der Waals surface area contributed by atoms with Crippen molar-refractivity contribution in [1.82, 2.24) is 23.9 Å². The van der Waals surface area contributed by atoms with E-state index in [2.05, 4.69) is 100 Å². The van der Waals surface area contributed by atoms with Crippen LogP contribution in [0.2, 0.25) is 0 Å². The molecule has 5 N–H and O–H groups in total. The van der Waals surface area contributed by atoms with Crippen LogP contribution in [0.1, 0.15) is 0 Å². The maximum absolute atomic E-state index is 10.6. The van der Waals surface area contributed by atoms with Gasteiger partial charge in [-0.2, -0.15) is 25.2 Å². The van der Waals surface area contributed by atoms with E-state index in [-0.39, 0.29) is 23.4 Å². The minimum absolute atomic E-state index is 0.0425. The molecule has 0 saturated carbocycles. The second kappa shape index (κ2) is 19.1. The van der Waals surface area contributed by atoms with Crippen molar-refractivity contribution in [2.24, 2.45) is 20.5 Å². The number of phenols is 2. The van der Waals surface area contributed by atoms with Gasteiger partial charge in [0.15, 0.2) is 0 Å². The summed E-state index contributed by atoms with van der Waals surface area (Å²) in [4.78, 5) is 28.9. The van der Waals surface area contributed by atoms with Crippen LogP contribution in [-0.4, -0.2) is 85.5 Å². The predicted molar refractivity (Wildman–Crippen MR) is 232 cm³/mol. The minimum atomic E-state index is -0.500. The van der Waals surface area contributed by atoms with Gasteiger partial charge in [-0.25, -0.2) is 0 Å². The van der Waals surface area contributed by atoms with Crippen molar-refractivity contribution >= 4 is 91.9 Å². The summed E-state index contributed by atoms with van der Waals surface area (Å²) in [6.45, 7) is -1.00. The molecule has 0 aliphatic rings. The van der Waals surface area contributed by atoms with E-state index in [0.717, 1.165) is 32.9 Å². The zero-order chi connectivity index (χ0) is 44.3. The number of nitrogens with zero attached hydrogens (tertiary/aromatic N) is 9. The highest BCUT2D eigenvalue weighted by Gasteiger charge is 2.17. The van der Waals surface area contributed by atoms with Crippen LogP contribution in [0.15, 0.2) is 130 Å². The number of carbonyl (C=O) groups is 2. The molecule has 18 heteroatoms. The Balaban J connectivity index is 0.00000111. The third-order valence-corrected chi connectivity index (χ3v) is 8.86.